The molecule has 0 aliphatic carbocycles. The maximum atomic E-state index is 14.2. The molecule has 2 amide bonds. The first kappa shape index (κ1) is 51.9. The molecule has 366 valence electrons. The molecule has 70 heavy (non-hydrogen) atoms. The zero-order valence-corrected chi connectivity index (χ0v) is 41.9. The first-order valence-corrected chi connectivity index (χ1v) is 23.4. The number of amides is 2. The molecule has 7 rings (SSSR count). The van der Waals surface area contributed by atoms with Crippen molar-refractivity contribution < 1.29 is 28.6 Å². The summed E-state index contributed by atoms with van der Waals surface area (Å²) in [5.41, 5.74) is 3.28. The number of fused-ring (bicyclic) bond motifs is 2. The molecule has 0 spiro atoms. The topological polar surface area (TPSA) is 185 Å². The number of alkyl carbamates (subject to hydrolysis) is 2. The fraction of sp³-hybridized carbons (Fsp3) is 0.315. The number of carbonyl (C=O) groups excluding carboxylic acids is 3. The van der Waals surface area contributed by atoms with E-state index in [1.165, 1.54) is 11.7 Å². The lowest BCUT2D eigenvalue weighted by atomic mass is 10.0. The van der Waals surface area contributed by atoms with E-state index in [4.69, 9.17) is 35.8 Å². The van der Waals surface area contributed by atoms with Gasteiger partial charge in [0, 0.05) is 12.2 Å². The molecule has 0 saturated carbocycles. The Balaban J connectivity index is 0.000000244. The zero-order valence-electron chi connectivity index (χ0n) is 41.2. The van der Waals surface area contributed by atoms with Crippen molar-refractivity contribution in [3.63, 3.8) is 0 Å². The molecule has 7 aromatic rings. The first-order chi connectivity index (χ1) is 33.2. The summed E-state index contributed by atoms with van der Waals surface area (Å²) in [5.74, 6) is 0.448. The van der Waals surface area contributed by atoms with Crippen LogP contribution in [0, 0.1) is 6.92 Å². The van der Waals surface area contributed by atoms with Gasteiger partial charge in [0.25, 0.3) is 11.1 Å². The fourth-order valence-corrected chi connectivity index (χ4v) is 7.94. The Kier molecular flexibility index (Phi) is 16.5. The molecule has 15 nitrogen and oxygen atoms in total. The number of nitrogens with one attached hydrogen (secondary N) is 3. The lowest BCUT2D eigenvalue weighted by Crippen LogP contribution is -2.37. The molecule has 2 atom stereocenters. The van der Waals surface area contributed by atoms with Gasteiger partial charge in [-0.1, -0.05) is 86.1 Å². The average molecular weight is 971 g/mol. The molecule has 0 unspecified atom stereocenters. The number of ether oxygens (including phenoxy) is 3. The van der Waals surface area contributed by atoms with Gasteiger partial charge < -0.3 is 30.2 Å². The predicted molar refractivity (Wildman–Crippen MR) is 274 cm³/mol. The summed E-state index contributed by atoms with van der Waals surface area (Å²) in [6.45, 7) is 16.9. The molecule has 0 aliphatic rings. The van der Waals surface area contributed by atoms with Gasteiger partial charge in [0.1, 0.15) is 22.9 Å². The van der Waals surface area contributed by atoms with Gasteiger partial charge in [-0.3, -0.25) is 18.7 Å². The van der Waals surface area contributed by atoms with Crippen molar-refractivity contribution >= 4 is 57.2 Å². The molecule has 3 N–H and O–H groups in total. The smallest absolute Gasteiger partial charge is 0.408 e. The van der Waals surface area contributed by atoms with Crippen molar-refractivity contribution in [3.8, 4) is 11.4 Å². The van der Waals surface area contributed by atoms with Crippen molar-refractivity contribution in [2.75, 3.05) is 12.4 Å². The number of aromatic nitrogens is 4. The van der Waals surface area contributed by atoms with E-state index in [9.17, 15) is 24.0 Å². The quantitative estimate of drug-likeness (QED) is 0.0782. The Morgan fingerprint density at radius 3 is 1.57 bits per heavy atom. The summed E-state index contributed by atoms with van der Waals surface area (Å²) in [4.78, 5) is 74.3. The summed E-state index contributed by atoms with van der Waals surface area (Å²) < 4.78 is 18.8. The molecule has 0 radical (unpaired) electrons. The summed E-state index contributed by atoms with van der Waals surface area (Å²) in [7, 11) is 1.36. The minimum Gasteiger partial charge on any atom is -0.465 e. The Morgan fingerprint density at radius 1 is 0.643 bits per heavy atom. The van der Waals surface area contributed by atoms with E-state index in [-0.39, 0.29) is 17.1 Å². The fourth-order valence-electron chi connectivity index (χ4n) is 7.69. The van der Waals surface area contributed by atoms with Gasteiger partial charge >= 0.3 is 18.2 Å². The number of rotatable bonds is 12. The van der Waals surface area contributed by atoms with E-state index in [0.717, 1.165) is 11.1 Å². The molecule has 5 aromatic carbocycles. The third-order valence-corrected chi connectivity index (χ3v) is 11.1. The van der Waals surface area contributed by atoms with Gasteiger partial charge in [-0.15, -0.1) is 0 Å². The molecule has 0 fully saturated rings. The van der Waals surface area contributed by atoms with E-state index >= 15 is 0 Å². The van der Waals surface area contributed by atoms with E-state index in [0.29, 0.717) is 80.5 Å². The number of hydrogen-bond donors (Lipinski definition) is 3. The van der Waals surface area contributed by atoms with E-state index in [1.807, 2.05) is 106 Å². The number of para-hydroxylation sites is 2. The van der Waals surface area contributed by atoms with E-state index in [2.05, 4.69) is 16.0 Å². The standard InChI is InChI=1S/C32H36N4O5.C22H24ClN3O3/c1-7-24(35-31(39)41-32(3,4)5)28-34-26-15-11-14-25(27(26)29(37)36(28)22-12-9-8-10-13-22)33-19-21-16-17-23(20(2)18-21)30(38)40-6;1-5-16(25-21(28)29-22(2,3)4)19-24-17-13-9-12-15(23)18(17)20(27)26(19)14-10-7-6-8-11-14/h8-18,24,33H,7,19H2,1-6H3,(H,35,39);6-13,16H,5H2,1-4H3,(H,25,28)/t24-;16-/m00/s1. The number of nitrogens with zero attached hydrogens (tertiary/aromatic N) is 4. The second-order valence-electron chi connectivity index (χ2n) is 18.4. The Hall–Kier alpha value is -7.52. The maximum absolute atomic E-state index is 14.2. The molecular weight excluding hydrogens is 910 g/mol. The van der Waals surface area contributed by atoms with Crippen LogP contribution in [0.25, 0.3) is 33.2 Å². The molecule has 2 aromatic heterocycles. The van der Waals surface area contributed by atoms with Crippen LogP contribution in [-0.4, -0.2) is 55.6 Å². The highest BCUT2D eigenvalue weighted by Crippen LogP contribution is 2.27. The number of esters is 1. The van der Waals surface area contributed by atoms with Crippen LogP contribution in [0.5, 0.6) is 0 Å². The summed E-state index contributed by atoms with van der Waals surface area (Å²) in [6, 6.07) is 33.4. The highest BCUT2D eigenvalue weighted by molar-refractivity contribution is 6.35. The lowest BCUT2D eigenvalue weighted by molar-refractivity contribution is 0.0487. The van der Waals surface area contributed by atoms with Gasteiger partial charge in [-0.2, -0.15) is 0 Å². The minimum atomic E-state index is -0.670. The van der Waals surface area contributed by atoms with E-state index in [1.54, 1.807) is 76.4 Å². The van der Waals surface area contributed by atoms with Gasteiger partial charge in [-0.05, 0) is 127 Å². The van der Waals surface area contributed by atoms with Crippen LogP contribution in [0.3, 0.4) is 0 Å². The SMILES string of the molecule is CC[C@H](NC(=O)OC(C)(C)C)c1nc2cccc(Cl)c2c(=O)n1-c1ccccc1.CC[C@H](NC(=O)OC(C)(C)C)c1nc2cccc(NCc3ccc(C(=O)OC)c(C)c3)c2c(=O)n1-c1ccccc1. The summed E-state index contributed by atoms with van der Waals surface area (Å²) in [6.07, 6.45) is -0.139. The Bertz CT molecular complexity index is 3130. The largest absolute Gasteiger partial charge is 0.465 e. The highest BCUT2D eigenvalue weighted by Gasteiger charge is 2.27. The van der Waals surface area contributed by atoms with Crippen molar-refractivity contribution in [1.29, 1.82) is 0 Å². The van der Waals surface area contributed by atoms with Crippen LogP contribution >= 0.6 is 11.6 Å². The number of halogens is 1. The Morgan fingerprint density at radius 2 is 1.11 bits per heavy atom. The molecule has 0 bridgehead atoms. The first-order valence-electron chi connectivity index (χ1n) is 23.0. The summed E-state index contributed by atoms with van der Waals surface area (Å²) >= 11 is 6.30. The number of aryl methyl sites for hydroxylation is 1. The van der Waals surface area contributed by atoms with Crippen molar-refractivity contribution in [2.24, 2.45) is 0 Å². The van der Waals surface area contributed by atoms with Crippen LogP contribution < -0.4 is 27.1 Å². The maximum Gasteiger partial charge on any atom is 0.408 e. The van der Waals surface area contributed by atoms with Crippen molar-refractivity contribution in [1.82, 2.24) is 29.7 Å². The van der Waals surface area contributed by atoms with Crippen LogP contribution in [0.4, 0.5) is 15.3 Å². The number of benzene rings is 5. The Labute approximate surface area is 412 Å². The van der Waals surface area contributed by atoms with Crippen LogP contribution in [-0.2, 0) is 20.8 Å². The van der Waals surface area contributed by atoms with E-state index < -0.39 is 35.5 Å². The summed E-state index contributed by atoms with van der Waals surface area (Å²) in [5, 5.41) is 10.2. The molecule has 0 saturated heterocycles. The number of hydrogen-bond acceptors (Lipinski definition) is 11. The van der Waals surface area contributed by atoms with Gasteiger partial charge in [0.2, 0.25) is 0 Å². The number of methoxy groups -OCH3 is 1. The normalized spacial score (nSPS) is 12.3. The highest BCUT2D eigenvalue weighted by atomic mass is 35.5. The third kappa shape index (κ3) is 12.6. The lowest BCUT2D eigenvalue weighted by Gasteiger charge is -2.25. The monoisotopic (exact) mass is 969 g/mol. The van der Waals surface area contributed by atoms with Crippen LogP contribution in [0.15, 0.2) is 125 Å². The van der Waals surface area contributed by atoms with Gasteiger partial charge in [0.15, 0.2) is 0 Å². The molecule has 2 heterocycles. The van der Waals surface area contributed by atoms with Gasteiger partial charge in [0.05, 0.1) is 63.0 Å². The zero-order chi connectivity index (χ0) is 50.9. The second-order valence-corrected chi connectivity index (χ2v) is 18.8. The van der Waals surface area contributed by atoms with Crippen molar-refractivity contribution in [2.45, 2.75) is 105 Å². The van der Waals surface area contributed by atoms with Crippen molar-refractivity contribution in [3.05, 3.63) is 169 Å². The van der Waals surface area contributed by atoms with Gasteiger partial charge in [-0.25, -0.2) is 24.4 Å². The minimum absolute atomic E-state index is 0.263. The third-order valence-electron chi connectivity index (χ3n) is 10.8. The number of carbonyl (C=O) groups is 3. The molecule has 16 heteroatoms. The predicted octanol–water partition coefficient (Wildman–Crippen LogP) is 11.1. The number of anilines is 1. The average Bonchev–Trinajstić information content (AvgIpc) is 3.31. The second kappa shape index (κ2) is 22.3. The molecule has 0 aliphatic heterocycles. The van der Waals surface area contributed by atoms with Crippen LogP contribution in [0.2, 0.25) is 5.02 Å². The molecular formula is C54H60ClN7O8. The van der Waals surface area contributed by atoms with Crippen LogP contribution in [0.1, 0.15) is 113 Å².